The summed E-state index contributed by atoms with van der Waals surface area (Å²) in [7, 11) is 1.28. The van der Waals surface area contributed by atoms with Crippen LogP contribution in [-0.4, -0.2) is 30.5 Å². The molecule has 0 aliphatic carbocycles. The van der Waals surface area contributed by atoms with Gasteiger partial charge in [-0.05, 0) is 37.1 Å². The first-order valence-corrected chi connectivity index (χ1v) is 8.35. The van der Waals surface area contributed by atoms with Gasteiger partial charge in [-0.15, -0.1) is 6.58 Å². The topological polar surface area (TPSA) is 108 Å². The Labute approximate surface area is 161 Å². The molecule has 8 heteroatoms. The van der Waals surface area contributed by atoms with E-state index < -0.39 is 16.8 Å². The molecule has 0 bridgehead atoms. The fourth-order valence-electron chi connectivity index (χ4n) is 2.47. The average Bonchev–Trinajstić information content (AvgIpc) is 2.68. The molecule has 0 fully saturated rings. The Hall–Kier alpha value is -3.68. The SMILES string of the molecule is C=CCc1cc([N+](=O)[O-])ccc1OCC(=O)Nc1cc(C(=O)OC)ccc1C. The van der Waals surface area contributed by atoms with Crippen LogP contribution in [0.2, 0.25) is 0 Å². The third kappa shape index (κ3) is 5.16. The van der Waals surface area contributed by atoms with Gasteiger partial charge in [0.15, 0.2) is 6.61 Å². The lowest BCUT2D eigenvalue weighted by molar-refractivity contribution is -0.384. The number of methoxy groups -OCH3 is 1. The second kappa shape index (κ2) is 9.31. The fraction of sp³-hybridized carbons (Fsp3) is 0.200. The molecule has 0 heterocycles. The number of rotatable bonds is 8. The second-order valence-corrected chi connectivity index (χ2v) is 5.90. The summed E-state index contributed by atoms with van der Waals surface area (Å²) in [5, 5.41) is 13.6. The summed E-state index contributed by atoms with van der Waals surface area (Å²) in [6.07, 6.45) is 1.95. The van der Waals surface area contributed by atoms with E-state index in [0.717, 1.165) is 5.56 Å². The molecular formula is C20H20N2O6. The van der Waals surface area contributed by atoms with Crippen molar-refractivity contribution in [1.82, 2.24) is 0 Å². The van der Waals surface area contributed by atoms with E-state index in [9.17, 15) is 19.7 Å². The first kappa shape index (κ1) is 20.6. The smallest absolute Gasteiger partial charge is 0.337 e. The van der Waals surface area contributed by atoms with Gasteiger partial charge in [-0.3, -0.25) is 14.9 Å². The molecule has 0 saturated heterocycles. The summed E-state index contributed by atoms with van der Waals surface area (Å²) in [5.41, 5.74) is 2.04. The van der Waals surface area contributed by atoms with Crippen LogP contribution in [0, 0.1) is 17.0 Å². The number of anilines is 1. The summed E-state index contributed by atoms with van der Waals surface area (Å²) < 4.78 is 10.2. The van der Waals surface area contributed by atoms with E-state index in [-0.39, 0.29) is 12.3 Å². The number of ether oxygens (including phenoxy) is 2. The number of nitro benzene ring substituents is 1. The molecule has 28 heavy (non-hydrogen) atoms. The summed E-state index contributed by atoms with van der Waals surface area (Å²) in [6, 6.07) is 8.97. The number of carbonyl (C=O) groups is 2. The summed E-state index contributed by atoms with van der Waals surface area (Å²) >= 11 is 0. The van der Waals surface area contributed by atoms with Gasteiger partial charge < -0.3 is 14.8 Å². The zero-order chi connectivity index (χ0) is 20.7. The molecule has 2 aromatic carbocycles. The highest BCUT2D eigenvalue weighted by Gasteiger charge is 2.14. The van der Waals surface area contributed by atoms with Crippen molar-refractivity contribution in [1.29, 1.82) is 0 Å². The van der Waals surface area contributed by atoms with Crippen LogP contribution in [0.15, 0.2) is 49.1 Å². The highest BCUT2D eigenvalue weighted by atomic mass is 16.6. The van der Waals surface area contributed by atoms with Gasteiger partial charge >= 0.3 is 5.97 Å². The average molecular weight is 384 g/mol. The van der Waals surface area contributed by atoms with Gasteiger partial charge in [0.05, 0.1) is 17.6 Å². The molecule has 2 aromatic rings. The van der Waals surface area contributed by atoms with E-state index in [1.165, 1.54) is 31.4 Å². The van der Waals surface area contributed by atoms with E-state index in [0.29, 0.717) is 29.0 Å². The number of esters is 1. The predicted octanol–water partition coefficient (Wildman–Crippen LogP) is 3.44. The molecule has 146 valence electrons. The quantitative estimate of drug-likeness (QED) is 0.323. The highest BCUT2D eigenvalue weighted by molar-refractivity contribution is 5.95. The Morgan fingerprint density at radius 3 is 2.64 bits per heavy atom. The number of nitro groups is 1. The lowest BCUT2D eigenvalue weighted by Crippen LogP contribution is -2.21. The Balaban J connectivity index is 2.09. The molecule has 2 rings (SSSR count). The number of non-ortho nitro benzene ring substituents is 1. The van der Waals surface area contributed by atoms with Crippen molar-refractivity contribution in [2.45, 2.75) is 13.3 Å². The minimum Gasteiger partial charge on any atom is -0.483 e. The lowest BCUT2D eigenvalue weighted by Gasteiger charge is -2.12. The molecule has 1 amide bonds. The van der Waals surface area contributed by atoms with Crippen LogP contribution in [0.5, 0.6) is 5.75 Å². The van der Waals surface area contributed by atoms with E-state index in [4.69, 9.17) is 4.74 Å². The second-order valence-electron chi connectivity index (χ2n) is 5.90. The number of hydrogen-bond acceptors (Lipinski definition) is 6. The number of allylic oxidation sites excluding steroid dienone is 1. The Kier molecular flexibility index (Phi) is 6.86. The van der Waals surface area contributed by atoms with Crippen LogP contribution >= 0.6 is 0 Å². The molecule has 0 atom stereocenters. The number of hydrogen-bond donors (Lipinski definition) is 1. The molecule has 0 aliphatic rings. The maximum atomic E-state index is 12.3. The predicted molar refractivity (Wildman–Crippen MR) is 104 cm³/mol. The molecule has 1 N–H and O–H groups in total. The summed E-state index contributed by atoms with van der Waals surface area (Å²) in [5.74, 6) is -0.583. The van der Waals surface area contributed by atoms with E-state index in [2.05, 4.69) is 16.6 Å². The molecule has 0 saturated carbocycles. The molecule has 0 radical (unpaired) electrons. The first-order valence-electron chi connectivity index (χ1n) is 8.35. The number of aryl methyl sites for hydroxylation is 1. The van der Waals surface area contributed by atoms with E-state index in [1.54, 1.807) is 25.1 Å². The third-order valence-electron chi connectivity index (χ3n) is 3.91. The van der Waals surface area contributed by atoms with Gasteiger partial charge in [-0.25, -0.2) is 4.79 Å². The van der Waals surface area contributed by atoms with Gasteiger partial charge in [0, 0.05) is 23.4 Å². The zero-order valence-corrected chi connectivity index (χ0v) is 15.6. The lowest BCUT2D eigenvalue weighted by atomic mass is 10.1. The van der Waals surface area contributed by atoms with Crippen LogP contribution in [0.4, 0.5) is 11.4 Å². The third-order valence-corrected chi connectivity index (χ3v) is 3.91. The Bertz CT molecular complexity index is 923. The maximum absolute atomic E-state index is 12.3. The van der Waals surface area contributed by atoms with Crippen molar-refractivity contribution in [2.75, 3.05) is 19.0 Å². The van der Waals surface area contributed by atoms with Crippen LogP contribution in [0.3, 0.4) is 0 Å². The summed E-state index contributed by atoms with van der Waals surface area (Å²) in [4.78, 5) is 34.3. The molecule has 0 aromatic heterocycles. The molecule has 0 aliphatic heterocycles. The normalized spacial score (nSPS) is 10.1. The summed E-state index contributed by atoms with van der Waals surface area (Å²) in [6.45, 7) is 5.11. The van der Waals surface area contributed by atoms with Crippen LogP contribution in [0.1, 0.15) is 21.5 Å². The molecule has 8 nitrogen and oxygen atoms in total. The number of nitrogens with zero attached hydrogens (tertiary/aromatic N) is 1. The minimum absolute atomic E-state index is 0.0658. The maximum Gasteiger partial charge on any atom is 0.337 e. The largest absolute Gasteiger partial charge is 0.483 e. The zero-order valence-electron chi connectivity index (χ0n) is 15.6. The first-order chi connectivity index (χ1) is 13.3. The van der Waals surface area contributed by atoms with Gasteiger partial charge in [0.2, 0.25) is 0 Å². The van der Waals surface area contributed by atoms with Crippen LogP contribution < -0.4 is 10.1 Å². The van der Waals surface area contributed by atoms with Crippen LogP contribution in [-0.2, 0) is 16.0 Å². The minimum atomic E-state index is -0.508. The van der Waals surface area contributed by atoms with Crippen molar-refractivity contribution in [2.24, 2.45) is 0 Å². The van der Waals surface area contributed by atoms with E-state index in [1.807, 2.05) is 0 Å². The fourth-order valence-corrected chi connectivity index (χ4v) is 2.47. The number of carbonyl (C=O) groups excluding carboxylic acids is 2. The van der Waals surface area contributed by atoms with Crippen LogP contribution in [0.25, 0.3) is 0 Å². The van der Waals surface area contributed by atoms with Crippen molar-refractivity contribution < 1.29 is 24.0 Å². The van der Waals surface area contributed by atoms with Gasteiger partial charge in [-0.1, -0.05) is 12.1 Å². The van der Waals surface area contributed by atoms with Crippen molar-refractivity contribution in [3.05, 3.63) is 75.9 Å². The van der Waals surface area contributed by atoms with Crippen molar-refractivity contribution >= 4 is 23.3 Å². The van der Waals surface area contributed by atoms with Crippen molar-refractivity contribution in [3.8, 4) is 5.75 Å². The standard InChI is InChI=1S/C20H20N2O6/c1-4-5-14-10-16(22(25)26)8-9-18(14)28-12-19(23)21-17-11-15(20(24)27-3)7-6-13(17)2/h4,6-11H,1,5,12H2,2-3H3,(H,21,23). The van der Waals surface area contributed by atoms with Gasteiger partial charge in [-0.2, -0.15) is 0 Å². The number of amides is 1. The molecule has 0 spiro atoms. The Morgan fingerprint density at radius 1 is 1.25 bits per heavy atom. The molecule has 0 unspecified atom stereocenters. The van der Waals surface area contributed by atoms with Gasteiger partial charge in [0.1, 0.15) is 5.75 Å². The molecular weight excluding hydrogens is 364 g/mol. The van der Waals surface area contributed by atoms with Crippen molar-refractivity contribution in [3.63, 3.8) is 0 Å². The Morgan fingerprint density at radius 2 is 2.00 bits per heavy atom. The van der Waals surface area contributed by atoms with E-state index >= 15 is 0 Å². The number of nitrogens with one attached hydrogen (secondary N) is 1. The highest BCUT2D eigenvalue weighted by Crippen LogP contribution is 2.25. The monoisotopic (exact) mass is 384 g/mol. The van der Waals surface area contributed by atoms with Gasteiger partial charge in [0.25, 0.3) is 11.6 Å². The number of benzene rings is 2.